The van der Waals surface area contributed by atoms with E-state index in [1.165, 1.54) is 31.4 Å². The van der Waals surface area contributed by atoms with Crippen LogP contribution in [0.25, 0.3) is 0 Å². The van der Waals surface area contributed by atoms with Gasteiger partial charge in [-0.15, -0.1) is 0 Å². The van der Waals surface area contributed by atoms with Gasteiger partial charge in [-0.1, -0.05) is 6.92 Å². The van der Waals surface area contributed by atoms with Gasteiger partial charge in [0.2, 0.25) is 0 Å². The van der Waals surface area contributed by atoms with Crippen LogP contribution in [0.2, 0.25) is 0 Å². The molecule has 1 aliphatic rings. The van der Waals surface area contributed by atoms with E-state index < -0.39 is 0 Å². The molecule has 0 bridgehead atoms. The monoisotopic (exact) mass is 233 g/mol. The van der Waals surface area contributed by atoms with E-state index in [9.17, 15) is 0 Å². The summed E-state index contributed by atoms with van der Waals surface area (Å²) in [6.07, 6.45) is 9.14. The maximum Gasteiger partial charge on any atom is 0.0573 e. The molecule has 1 saturated carbocycles. The average molecular weight is 233 g/mol. The van der Waals surface area contributed by atoms with Crippen LogP contribution in [0.5, 0.6) is 0 Å². The van der Waals surface area contributed by atoms with Crippen LogP contribution in [-0.4, -0.2) is 25.1 Å². The second-order valence-electron chi connectivity index (χ2n) is 5.21. The summed E-state index contributed by atoms with van der Waals surface area (Å²) in [5.74, 6) is 0.904. The molecule has 1 aromatic rings. The van der Waals surface area contributed by atoms with Crippen molar-refractivity contribution in [1.82, 2.24) is 4.98 Å². The van der Waals surface area contributed by atoms with Crippen LogP contribution in [0, 0.1) is 5.92 Å². The summed E-state index contributed by atoms with van der Waals surface area (Å²) in [4.78, 5) is 6.67. The van der Waals surface area contributed by atoms with Crippen molar-refractivity contribution >= 4 is 11.4 Å². The van der Waals surface area contributed by atoms with Crippen molar-refractivity contribution in [2.45, 2.75) is 38.6 Å². The number of hydrogen-bond acceptors (Lipinski definition) is 3. The summed E-state index contributed by atoms with van der Waals surface area (Å²) in [5.41, 5.74) is 2.30. The van der Waals surface area contributed by atoms with E-state index >= 15 is 0 Å². The third-order valence-electron chi connectivity index (χ3n) is 3.95. The zero-order chi connectivity index (χ0) is 12.3. The summed E-state index contributed by atoms with van der Waals surface area (Å²) in [6, 6.07) is 2.85. The number of aromatic nitrogens is 1. The fourth-order valence-corrected chi connectivity index (χ4v) is 2.60. The predicted octanol–water partition coefficient (Wildman–Crippen LogP) is 3.14. The highest BCUT2D eigenvalue weighted by molar-refractivity contribution is 5.55. The first-order chi connectivity index (χ1) is 8.20. The van der Waals surface area contributed by atoms with Crippen molar-refractivity contribution < 1.29 is 0 Å². The number of pyridine rings is 1. The number of rotatable bonds is 3. The Bertz CT molecular complexity index is 356. The molecule has 0 spiro atoms. The Labute approximate surface area is 104 Å². The van der Waals surface area contributed by atoms with Crippen LogP contribution >= 0.6 is 0 Å². The number of nitrogens with one attached hydrogen (secondary N) is 1. The Kier molecular flexibility index (Phi) is 3.87. The molecule has 1 fully saturated rings. The molecule has 1 aliphatic carbocycles. The lowest BCUT2D eigenvalue weighted by Crippen LogP contribution is -2.34. The van der Waals surface area contributed by atoms with Crippen LogP contribution in [0.4, 0.5) is 11.4 Å². The van der Waals surface area contributed by atoms with Gasteiger partial charge in [-0.2, -0.15) is 0 Å². The Morgan fingerprint density at radius 1 is 1.24 bits per heavy atom. The van der Waals surface area contributed by atoms with Gasteiger partial charge in [0.25, 0.3) is 0 Å². The number of nitrogens with zero attached hydrogens (tertiary/aromatic N) is 2. The first-order valence-electron chi connectivity index (χ1n) is 6.56. The second kappa shape index (κ2) is 5.39. The number of hydrogen-bond donors (Lipinski definition) is 1. The zero-order valence-corrected chi connectivity index (χ0v) is 11.1. The molecule has 0 aromatic carbocycles. The summed E-state index contributed by atoms with van der Waals surface area (Å²) in [6.45, 7) is 2.36. The molecule has 3 heteroatoms. The van der Waals surface area contributed by atoms with Gasteiger partial charge in [0.05, 0.1) is 23.8 Å². The highest BCUT2D eigenvalue weighted by Gasteiger charge is 2.22. The Morgan fingerprint density at radius 2 is 1.94 bits per heavy atom. The molecule has 1 N–H and O–H groups in total. The summed E-state index contributed by atoms with van der Waals surface area (Å²) in [7, 11) is 4.13. The van der Waals surface area contributed by atoms with Gasteiger partial charge in [-0.05, 0) is 37.7 Å². The maximum atomic E-state index is 4.28. The lowest BCUT2D eigenvalue weighted by molar-refractivity contribution is 0.340. The van der Waals surface area contributed by atoms with Gasteiger partial charge in [-0.25, -0.2) is 0 Å². The SMILES string of the molecule is CNc1cncc(N(C)C2CCC(C)CC2)c1. The standard InChI is InChI=1S/C14H23N3/c1-11-4-6-13(7-5-11)17(3)14-8-12(15-2)9-16-10-14/h8-11,13,15H,4-7H2,1-3H3. The van der Waals surface area contributed by atoms with Crippen LogP contribution < -0.4 is 10.2 Å². The Morgan fingerprint density at radius 3 is 2.59 bits per heavy atom. The summed E-state index contributed by atoms with van der Waals surface area (Å²) in [5, 5.41) is 3.14. The first-order valence-corrected chi connectivity index (χ1v) is 6.56. The van der Waals surface area contributed by atoms with Crippen molar-refractivity contribution in [2.75, 3.05) is 24.3 Å². The Balaban J connectivity index is 2.05. The molecule has 17 heavy (non-hydrogen) atoms. The molecular formula is C14H23N3. The van der Waals surface area contributed by atoms with Gasteiger partial charge >= 0.3 is 0 Å². The maximum absolute atomic E-state index is 4.28. The summed E-state index contributed by atoms with van der Waals surface area (Å²) >= 11 is 0. The minimum atomic E-state index is 0.681. The normalized spacial score (nSPS) is 24.4. The third-order valence-corrected chi connectivity index (χ3v) is 3.95. The van der Waals surface area contributed by atoms with Gasteiger partial charge in [0.15, 0.2) is 0 Å². The van der Waals surface area contributed by atoms with E-state index in [-0.39, 0.29) is 0 Å². The molecule has 0 radical (unpaired) electrons. The van der Waals surface area contributed by atoms with Gasteiger partial charge in [-0.3, -0.25) is 4.98 Å². The topological polar surface area (TPSA) is 28.2 Å². The van der Waals surface area contributed by atoms with Crippen LogP contribution in [0.3, 0.4) is 0 Å². The lowest BCUT2D eigenvalue weighted by atomic mass is 9.86. The molecule has 0 aliphatic heterocycles. The smallest absolute Gasteiger partial charge is 0.0573 e. The minimum Gasteiger partial charge on any atom is -0.387 e. The summed E-state index contributed by atoms with van der Waals surface area (Å²) < 4.78 is 0. The molecule has 0 amide bonds. The Hall–Kier alpha value is -1.25. The molecule has 0 unspecified atom stereocenters. The predicted molar refractivity (Wildman–Crippen MR) is 73.6 cm³/mol. The van der Waals surface area contributed by atoms with Crippen LogP contribution in [0.15, 0.2) is 18.5 Å². The van der Waals surface area contributed by atoms with Gasteiger partial charge < -0.3 is 10.2 Å². The third kappa shape index (κ3) is 2.90. The van der Waals surface area contributed by atoms with E-state index in [1.54, 1.807) is 0 Å². The molecule has 94 valence electrons. The molecular weight excluding hydrogens is 210 g/mol. The lowest BCUT2D eigenvalue weighted by Gasteiger charge is -2.35. The van der Waals surface area contributed by atoms with Crippen LogP contribution in [-0.2, 0) is 0 Å². The van der Waals surface area contributed by atoms with E-state index in [0.29, 0.717) is 6.04 Å². The molecule has 3 nitrogen and oxygen atoms in total. The van der Waals surface area contributed by atoms with Crippen molar-refractivity contribution in [3.8, 4) is 0 Å². The molecule has 1 aromatic heterocycles. The van der Waals surface area contributed by atoms with Crippen molar-refractivity contribution in [3.05, 3.63) is 18.5 Å². The van der Waals surface area contributed by atoms with Crippen molar-refractivity contribution in [1.29, 1.82) is 0 Å². The van der Waals surface area contributed by atoms with E-state index in [0.717, 1.165) is 11.6 Å². The second-order valence-corrected chi connectivity index (χ2v) is 5.21. The highest BCUT2D eigenvalue weighted by atomic mass is 15.1. The van der Waals surface area contributed by atoms with Crippen LogP contribution in [0.1, 0.15) is 32.6 Å². The minimum absolute atomic E-state index is 0.681. The van der Waals surface area contributed by atoms with E-state index in [1.807, 2.05) is 19.4 Å². The van der Waals surface area contributed by atoms with Crippen molar-refractivity contribution in [2.24, 2.45) is 5.92 Å². The average Bonchev–Trinajstić information content (AvgIpc) is 2.39. The fourth-order valence-electron chi connectivity index (χ4n) is 2.60. The quantitative estimate of drug-likeness (QED) is 0.869. The van der Waals surface area contributed by atoms with Gasteiger partial charge in [0.1, 0.15) is 0 Å². The van der Waals surface area contributed by atoms with Gasteiger partial charge in [0, 0.05) is 20.1 Å². The zero-order valence-electron chi connectivity index (χ0n) is 11.1. The fraction of sp³-hybridized carbons (Fsp3) is 0.643. The molecule has 0 saturated heterocycles. The molecule has 0 atom stereocenters. The van der Waals surface area contributed by atoms with Crippen molar-refractivity contribution in [3.63, 3.8) is 0 Å². The van der Waals surface area contributed by atoms with E-state index in [2.05, 4.69) is 35.2 Å². The first kappa shape index (κ1) is 12.2. The number of anilines is 2. The molecule has 1 heterocycles. The molecule has 2 rings (SSSR count). The van der Waals surface area contributed by atoms with E-state index in [4.69, 9.17) is 0 Å². The largest absolute Gasteiger partial charge is 0.387 e. The highest BCUT2D eigenvalue weighted by Crippen LogP contribution is 2.29.